The third kappa shape index (κ3) is 4.87. The maximum absolute atomic E-state index is 13.6. The van der Waals surface area contributed by atoms with Crippen LogP contribution in [-0.2, 0) is 14.4 Å². The van der Waals surface area contributed by atoms with E-state index in [2.05, 4.69) is 15.6 Å². The number of hydrogen-bond acceptors (Lipinski definition) is 5. The van der Waals surface area contributed by atoms with Crippen molar-refractivity contribution in [3.63, 3.8) is 0 Å². The summed E-state index contributed by atoms with van der Waals surface area (Å²) in [6, 6.07) is 17.6. The van der Waals surface area contributed by atoms with Crippen LogP contribution in [0.5, 0.6) is 0 Å². The maximum Gasteiger partial charge on any atom is 0.250 e. The van der Waals surface area contributed by atoms with Crippen molar-refractivity contribution in [3.8, 4) is 11.3 Å². The Balaban J connectivity index is 1.31. The molecule has 1 saturated heterocycles. The van der Waals surface area contributed by atoms with Crippen LogP contribution in [0.1, 0.15) is 37.3 Å². The Bertz CT molecular complexity index is 1180. The Labute approximate surface area is 202 Å². The molecular formula is C26H26N4O3S. The molecule has 2 heterocycles. The lowest BCUT2D eigenvalue weighted by Gasteiger charge is -2.28. The van der Waals surface area contributed by atoms with E-state index >= 15 is 0 Å². The molecule has 34 heavy (non-hydrogen) atoms. The number of anilines is 1. The first-order valence-electron chi connectivity index (χ1n) is 11.6. The van der Waals surface area contributed by atoms with Gasteiger partial charge in [0, 0.05) is 23.4 Å². The van der Waals surface area contributed by atoms with Crippen LogP contribution in [0, 0.1) is 5.92 Å². The molecule has 2 atom stereocenters. The summed E-state index contributed by atoms with van der Waals surface area (Å²) in [6.07, 6.45) is 3.02. The van der Waals surface area contributed by atoms with Gasteiger partial charge in [0.05, 0.1) is 5.69 Å². The highest BCUT2D eigenvalue weighted by Crippen LogP contribution is 2.31. The molecule has 2 aromatic carbocycles. The predicted molar refractivity (Wildman–Crippen MR) is 131 cm³/mol. The van der Waals surface area contributed by atoms with E-state index in [9.17, 15) is 14.4 Å². The highest BCUT2D eigenvalue weighted by Gasteiger charge is 2.40. The van der Waals surface area contributed by atoms with Crippen molar-refractivity contribution in [2.75, 3.05) is 11.9 Å². The number of carbonyl (C=O) groups is 3. The fourth-order valence-electron chi connectivity index (χ4n) is 4.27. The molecule has 1 aliphatic heterocycles. The number of nitrogens with one attached hydrogen (secondary N) is 2. The number of nitrogens with zero attached hydrogens (tertiary/aromatic N) is 2. The van der Waals surface area contributed by atoms with Gasteiger partial charge in [-0.25, -0.2) is 4.98 Å². The summed E-state index contributed by atoms with van der Waals surface area (Å²) < 4.78 is 0. The average molecular weight is 475 g/mol. The molecule has 3 amide bonds. The maximum atomic E-state index is 13.6. The van der Waals surface area contributed by atoms with E-state index in [1.54, 1.807) is 4.90 Å². The molecule has 3 aromatic rings. The number of rotatable bonds is 7. The van der Waals surface area contributed by atoms with E-state index in [0.29, 0.717) is 18.1 Å². The van der Waals surface area contributed by atoms with Gasteiger partial charge in [0.15, 0.2) is 5.13 Å². The van der Waals surface area contributed by atoms with Crippen molar-refractivity contribution in [1.29, 1.82) is 0 Å². The third-order valence-electron chi connectivity index (χ3n) is 6.26. The smallest absolute Gasteiger partial charge is 0.250 e. The first-order chi connectivity index (χ1) is 16.6. The zero-order chi connectivity index (χ0) is 23.5. The molecule has 2 N–H and O–H groups in total. The first-order valence-corrected chi connectivity index (χ1v) is 12.5. The van der Waals surface area contributed by atoms with Crippen molar-refractivity contribution < 1.29 is 14.4 Å². The molecule has 0 unspecified atom stereocenters. The van der Waals surface area contributed by atoms with Gasteiger partial charge in [-0.3, -0.25) is 14.4 Å². The molecular weight excluding hydrogens is 448 g/mol. The minimum atomic E-state index is -0.799. The van der Waals surface area contributed by atoms with Crippen LogP contribution < -0.4 is 10.6 Å². The normalized spacial score (nSPS) is 18.4. The van der Waals surface area contributed by atoms with Crippen LogP contribution in [0.4, 0.5) is 5.13 Å². The molecule has 1 aliphatic carbocycles. The van der Waals surface area contributed by atoms with Gasteiger partial charge >= 0.3 is 0 Å². The van der Waals surface area contributed by atoms with E-state index in [1.807, 2.05) is 66.0 Å². The van der Waals surface area contributed by atoms with Gasteiger partial charge in [-0.05, 0) is 31.2 Å². The number of carbonyl (C=O) groups excluding carboxylic acids is 3. The van der Waals surface area contributed by atoms with Crippen LogP contribution in [0.2, 0.25) is 0 Å². The third-order valence-corrected chi connectivity index (χ3v) is 7.01. The first kappa shape index (κ1) is 22.3. The summed E-state index contributed by atoms with van der Waals surface area (Å²) >= 11 is 1.36. The molecule has 1 saturated carbocycles. The van der Waals surface area contributed by atoms with Crippen molar-refractivity contribution in [3.05, 3.63) is 71.6 Å². The summed E-state index contributed by atoms with van der Waals surface area (Å²) in [6.45, 7) is 0.479. The quantitative estimate of drug-likeness (QED) is 0.541. The summed E-state index contributed by atoms with van der Waals surface area (Å²) in [5.41, 5.74) is 2.50. The summed E-state index contributed by atoms with van der Waals surface area (Å²) in [5, 5.41) is 8.23. The Morgan fingerprint density at radius 2 is 1.65 bits per heavy atom. The standard InChI is InChI=1S/C26H26N4O3S/c31-23(19-13-14-19)28-22(18-10-5-2-6-11-18)25(33)30-15-7-12-21(30)24(32)29-26-27-20(16-34-26)17-8-3-1-4-9-17/h1-6,8-11,16,19,21-22H,7,12-15H2,(H,28,31)(H,27,29,32)/t21-,22+/m0/s1. The van der Waals surface area contributed by atoms with Gasteiger partial charge in [0.2, 0.25) is 17.7 Å². The van der Waals surface area contributed by atoms with Crippen LogP contribution >= 0.6 is 11.3 Å². The number of amides is 3. The van der Waals surface area contributed by atoms with Gasteiger partial charge in [0.25, 0.3) is 0 Å². The lowest BCUT2D eigenvalue weighted by atomic mass is 10.0. The molecule has 0 spiro atoms. The van der Waals surface area contributed by atoms with Crippen molar-refractivity contribution in [2.24, 2.45) is 5.92 Å². The number of aromatic nitrogens is 1. The molecule has 174 valence electrons. The highest BCUT2D eigenvalue weighted by molar-refractivity contribution is 7.14. The highest BCUT2D eigenvalue weighted by atomic mass is 32.1. The fourth-order valence-corrected chi connectivity index (χ4v) is 4.99. The largest absolute Gasteiger partial charge is 0.340 e. The van der Waals surface area contributed by atoms with E-state index in [-0.39, 0.29) is 23.6 Å². The summed E-state index contributed by atoms with van der Waals surface area (Å²) in [7, 11) is 0. The van der Waals surface area contributed by atoms with Crippen LogP contribution in [0.15, 0.2) is 66.0 Å². The molecule has 2 aliphatic rings. The molecule has 1 aromatic heterocycles. The zero-order valence-electron chi connectivity index (χ0n) is 18.6. The Hall–Kier alpha value is -3.52. The summed E-state index contributed by atoms with van der Waals surface area (Å²) in [5.74, 6) is -0.610. The molecule has 8 heteroatoms. The topological polar surface area (TPSA) is 91.4 Å². The van der Waals surface area contributed by atoms with Gasteiger partial charge in [-0.1, -0.05) is 60.7 Å². The van der Waals surface area contributed by atoms with Crippen molar-refractivity contribution in [2.45, 2.75) is 37.8 Å². The predicted octanol–water partition coefficient (Wildman–Crippen LogP) is 4.01. The molecule has 2 fully saturated rings. The van der Waals surface area contributed by atoms with Gasteiger partial charge in [-0.2, -0.15) is 0 Å². The Morgan fingerprint density at radius 1 is 0.941 bits per heavy atom. The molecule has 5 rings (SSSR count). The van der Waals surface area contributed by atoms with E-state index in [4.69, 9.17) is 0 Å². The average Bonchev–Trinajstić information content (AvgIpc) is 3.42. The second-order valence-corrected chi connectivity index (χ2v) is 9.57. The second-order valence-electron chi connectivity index (χ2n) is 8.71. The van der Waals surface area contributed by atoms with E-state index in [1.165, 1.54) is 11.3 Å². The number of benzene rings is 2. The van der Waals surface area contributed by atoms with Crippen molar-refractivity contribution >= 4 is 34.2 Å². The van der Waals surface area contributed by atoms with Gasteiger partial charge in [0.1, 0.15) is 12.1 Å². The summed E-state index contributed by atoms with van der Waals surface area (Å²) in [4.78, 5) is 45.4. The zero-order valence-corrected chi connectivity index (χ0v) is 19.5. The lowest BCUT2D eigenvalue weighted by molar-refractivity contribution is -0.140. The van der Waals surface area contributed by atoms with Gasteiger partial charge < -0.3 is 15.5 Å². The van der Waals surface area contributed by atoms with E-state index < -0.39 is 12.1 Å². The van der Waals surface area contributed by atoms with Crippen LogP contribution in [0.25, 0.3) is 11.3 Å². The van der Waals surface area contributed by atoms with E-state index in [0.717, 1.165) is 36.1 Å². The monoisotopic (exact) mass is 474 g/mol. The molecule has 7 nitrogen and oxygen atoms in total. The number of hydrogen-bond donors (Lipinski definition) is 2. The molecule has 0 bridgehead atoms. The second kappa shape index (κ2) is 9.77. The molecule has 0 radical (unpaired) electrons. The van der Waals surface area contributed by atoms with Crippen LogP contribution in [0.3, 0.4) is 0 Å². The number of likely N-dealkylation sites (tertiary alicyclic amines) is 1. The minimum absolute atomic E-state index is 0.0135. The van der Waals surface area contributed by atoms with Crippen molar-refractivity contribution in [1.82, 2.24) is 15.2 Å². The van der Waals surface area contributed by atoms with Crippen LogP contribution in [-0.4, -0.2) is 40.2 Å². The Kier molecular flexibility index (Phi) is 6.40. The lowest BCUT2D eigenvalue weighted by Crippen LogP contribution is -2.48. The fraction of sp³-hybridized carbons (Fsp3) is 0.308. The SMILES string of the molecule is O=C(N[C@@H](C(=O)N1CCC[C@H]1C(=O)Nc1nc(-c2ccccc2)cs1)c1ccccc1)C1CC1. The Morgan fingerprint density at radius 3 is 2.35 bits per heavy atom. The number of thiazole rings is 1. The van der Waals surface area contributed by atoms with Gasteiger partial charge in [-0.15, -0.1) is 11.3 Å². The minimum Gasteiger partial charge on any atom is -0.340 e.